The molecule has 0 saturated carbocycles. The Morgan fingerprint density at radius 3 is 1.71 bits per heavy atom. The first-order valence-electron chi connectivity index (χ1n) is 13.4. The fourth-order valence-corrected chi connectivity index (χ4v) is 6.21. The third kappa shape index (κ3) is 3.20. The Balaban J connectivity index is 1.48. The van der Waals surface area contributed by atoms with Crippen LogP contribution in [-0.2, 0) is 10.8 Å². The molecule has 2 nitrogen and oxygen atoms in total. The zero-order valence-electron chi connectivity index (χ0n) is 22.3. The molecule has 38 heavy (non-hydrogen) atoms. The second-order valence-electron chi connectivity index (χ2n) is 11.5. The molecule has 186 valence electrons. The standard InChI is InChI=1S/C36H31NO/c1-35(2)31-21-26(37(24-13-7-5-8-14-24)25-15-9-6-10-16-25)19-20-27(31)29-23-34-30(22-32(29)36(35,3)4)28-17-11-12-18-33(28)38-34/h5-23H,1-4H3. The molecule has 0 radical (unpaired) electrons. The van der Waals surface area contributed by atoms with E-state index in [-0.39, 0.29) is 10.8 Å². The van der Waals surface area contributed by atoms with Crippen molar-refractivity contribution in [3.8, 4) is 11.1 Å². The first kappa shape index (κ1) is 22.9. The molecule has 0 amide bonds. The predicted octanol–water partition coefficient (Wildman–Crippen LogP) is 10.3. The van der Waals surface area contributed by atoms with Crippen molar-refractivity contribution in [2.75, 3.05) is 4.90 Å². The van der Waals surface area contributed by atoms with Gasteiger partial charge < -0.3 is 9.32 Å². The van der Waals surface area contributed by atoms with E-state index in [2.05, 4.69) is 142 Å². The zero-order valence-corrected chi connectivity index (χ0v) is 22.3. The summed E-state index contributed by atoms with van der Waals surface area (Å²) in [4.78, 5) is 2.35. The van der Waals surface area contributed by atoms with Gasteiger partial charge in [-0.3, -0.25) is 0 Å². The van der Waals surface area contributed by atoms with Crippen LogP contribution in [0.4, 0.5) is 17.1 Å². The van der Waals surface area contributed by atoms with E-state index in [1.54, 1.807) is 0 Å². The van der Waals surface area contributed by atoms with Gasteiger partial charge in [-0.25, -0.2) is 0 Å². The number of anilines is 3. The maximum Gasteiger partial charge on any atom is 0.136 e. The van der Waals surface area contributed by atoms with Crippen LogP contribution in [0.2, 0.25) is 0 Å². The van der Waals surface area contributed by atoms with Crippen molar-refractivity contribution in [3.05, 3.63) is 126 Å². The summed E-state index contributed by atoms with van der Waals surface area (Å²) in [6.07, 6.45) is 0. The van der Waals surface area contributed by atoms with Gasteiger partial charge in [-0.1, -0.05) is 88.4 Å². The second kappa shape index (κ2) is 8.10. The van der Waals surface area contributed by atoms with E-state index in [1.807, 2.05) is 6.07 Å². The number of benzene rings is 5. The van der Waals surface area contributed by atoms with Gasteiger partial charge in [-0.05, 0) is 87.7 Å². The van der Waals surface area contributed by atoms with Crippen molar-refractivity contribution in [3.63, 3.8) is 0 Å². The Hall–Kier alpha value is -4.30. The van der Waals surface area contributed by atoms with Gasteiger partial charge in [-0.2, -0.15) is 0 Å². The Morgan fingerprint density at radius 2 is 1.05 bits per heavy atom. The lowest BCUT2D eigenvalue weighted by Gasteiger charge is -2.48. The highest BCUT2D eigenvalue weighted by atomic mass is 16.3. The van der Waals surface area contributed by atoms with Crippen LogP contribution in [0.5, 0.6) is 0 Å². The number of furan rings is 1. The molecule has 1 aliphatic carbocycles. The highest BCUT2D eigenvalue weighted by molar-refractivity contribution is 6.07. The fraction of sp³-hybridized carbons (Fsp3) is 0.167. The third-order valence-corrected chi connectivity index (χ3v) is 9.01. The van der Waals surface area contributed by atoms with Gasteiger partial charge in [0.15, 0.2) is 0 Å². The van der Waals surface area contributed by atoms with Crippen LogP contribution < -0.4 is 4.90 Å². The van der Waals surface area contributed by atoms with Crippen LogP contribution in [0, 0.1) is 0 Å². The molecule has 2 heteroatoms. The minimum atomic E-state index is -0.0996. The second-order valence-corrected chi connectivity index (χ2v) is 11.5. The molecular formula is C36H31NO. The summed E-state index contributed by atoms with van der Waals surface area (Å²) < 4.78 is 6.32. The van der Waals surface area contributed by atoms with E-state index < -0.39 is 0 Å². The zero-order chi connectivity index (χ0) is 26.1. The summed E-state index contributed by atoms with van der Waals surface area (Å²) in [7, 11) is 0. The molecule has 1 heterocycles. The molecule has 1 aliphatic rings. The molecule has 0 aliphatic heterocycles. The topological polar surface area (TPSA) is 16.4 Å². The minimum Gasteiger partial charge on any atom is -0.456 e. The van der Waals surface area contributed by atoms with Gasteiger partial charge in [0, 0.05) is 27.8 Å². The molecule has 0 spiro atoms. The van der Waals surface area contributed by atoms with Gasteiger partial charge in [0.25, 0.3) is 0 Å². The van der Waals surface area contributed by atoms with E-state index in [1.165, 1.54) is 38.7 Å². The summed E-state index contributed by atoms with van der Waals surface area (Å²) in [5, 5.41) is 2.38. The Kier molecular flexibility index (Phi) is 4.87. The molecule has 6 aromatic rings. The van der Waals surface area contributed by atoms with Crippen molar-refractivity contribution >= 4 is 39.0 Å². The van der Waals surface area contributed by atoms with Crippen molar-refractivity contribution in [2.45, 2.75) is 38.5 Å². The highest BCUT2D eigenvalue weighted by Gasteiger charge is 2.46. The lowest BCUT2D eigenvalue weighted by molar-refractivity contribution is 0.299. The molecule has 7 rings (SSSR count). The normalized spacial score (nSPS) is 15.3. The van der Waals surface area contributed by atoms with E-state index >= 15 is 0 Å². The summed E-state index contributed by atoms with van der Waals surface area (Å²) in [5.74, 6) is 0. The highest BCUT2D eigenvalue weighted by Crippen LogP contribution is 2.56. The van der Waals surface area contributed by atoms with Crippen molar-refractivity contribution in [2.24, 2.45) is 0 Å². The third-order valence-electron chi connectivity index (χ3n) is 9.01. The first-order valence-corrected chi connectivity index (χ1v) is 13.4. The van der Waals surface area contributed by atoms with E-state index in [0.29, 0.717) is 0 Å². The summed E-state index contributed by atoms with van der Waals surface area (Å²) in [5.41, 5.74) is 10.5. The average molecular weight is 494 g/mol. The molecule has 0 bridgehead atoms. The van der Waals surface area contributed by atoms with Gasteiger partial charge in [-0.15, -0.1) is 0 Å². The monoisotopic (exact) mass is 493 g/mol. The molecule has 0 saturated heterocycles. The van der Waals surface area contributed by atoms with E-state index in [4.69, 9.17) is 4.42 Å². The molecular weight excluding hydrogens is 462 g/mol. The van der Waals surface area contributed by atoms with Crippen molar-refractivity contribution < 1.29 is 4.42 Å². The molecule has 0 unspecified atom stereocenters. The maximum atomic E-state index is 6.32. The van der Waals surface area contributed by atoms with Gasteiger partial charge in [0.1, 0.15) is 11.2 Å². The van der Waals surface area contributed by atoms with Gasteiger partial charge >= 0.3 is 0 Å². The van der Waals surface area contributed by atoms with Crippen LogP contribution in [-0.4, -0.2) is 0 Å². The average Bonchev–Trinajstić information content (AvgIpc) is 3.31. The summed E-state index contributed by atoms with van der Waals surface area (Å²) in [6.45, 7) is 9.57. The maximum absolute atomic E-state index is 6.32. The molecule has 5 aromatic carbocycles. The number of hydrogen-bond acceptors (Lipinski definition) is 2. The summed E-state index contributed by atoms with van der Waals surface area (Å²) in [6, 6.07) is 41.2. The van der Waals surface area contributed by atoms with Crippen LogP contribution in [0.3, 0.4) is 0 Å². The van der Waals surface area contributed by atoms with Gasteiger partial charge in [0.2, 0.25) is 0 Å². The minimum absolute atomic E-state index is 0.0924. The SMILES string of the molecule is CC1(C)c2cc(N(c3ccccc3)c3ccccc3)ccc2-c2cc3oc4ccccc4c3cc2C1(C)C. The lowest BCUT2D eigenvalue weighted by atomic mass is 9.55. The number of rotatable bonds is 3. The molecule has 0 fully saturated rings. The molecule has 0 N–H and O–H groups in total. The Bertz CT molecular complexity index is 1770. The molecule has 0 atom stereocenters. The quantitative estimate of drug-likeness (QED) is 0.244. The predicted molar refractivity (Wildman–Crippen MR) is 160 cm³/mol. The lowest BCUT2D eigenvalue weighted by Crippen LogP contribution is -2.43. The first-order chi connectivity index (χ1) is 18.4. The number of para-hydroxylation sites is 3. The van der Waals surface area contributed by atoms with Gasteiger partial charge in [0.05, 0.1) is 0 Å². The van der Waals surface area contributed by atoms with E-state index in [9.17, 15) is 0 Å². The number of fused-ring (bicyclic) bond motifs is 6. The molecule has 1 aromatic heterocycles. The van der Waals surface area contributed by atoms with Crippen LogP contribution in [0.15, 0.2) is 120 Å². The number of nitrogens with zero attached hydrogens (tertiary/aromatic N) is 1. The fourth-order valence-electron chi connectivity index (χ4n) is 6.21. The van der Waals surface area contributed by atoms with Crippen molar-refractivity contribution in [1.82, 2.24) is 0 Å². The Morgan fingerprint density at radius 1 is 0.474 bits per heavy atom. The van der Waals surface area contributed by atoms with E-state index in [0.717, 1.165) is 22.5 Å². The van der Waals surface area contributed by atoms with Crippen LogP contribution in [0.25, 0.3) is 33.1 Å². The number of hydrogen-bond donors (Lipinski definition) is 0. The largest absolute Gasteiger partial charge is 0.456 e. The summed E-state index contributed by atoms with van der Waals surface area (Å²) >= 11 is 0. The smallest absolute Gasteiger partial charge is 0.136 e. The van der Waals surface area contributed by atoms with Crippen molar-refractivity contribution in [1.29, 1.82) is 0 Å². The van der Waals surface area contributed by atoms with Crippen LogP contribution in [0.1, 0.15) is 38.8 Å². The Labute approximate surface area is 224 Å². The van der Waals surface area contributed by atoms with Crippen LogP contribution >= 0.6 is 0 Å².